The van der Waals surface area contributed by atoms with Crippen LogP contribution >= 0.6 is 0 Å². The maximum absolute atomic E-state index is 12.0. The van der Waals surface area contributed by atoms with Crippen LogP contribution in [0, 0.1) is 6.92 Å². The summed E-state index contributed by atoms with van der Waals surface area (Å²) >= 11 is 0. The number of furan rings is 1. The van der Waals surface area contributed by atoms with Crippen molar-refractivity contribution in [1.29, 1.82) is 0 Å². The molecule has 26 heavy (non-hydrogen) atoms. The van der Waals surface area contributed by atoms with E-state index < -0.39 is 0 Å². The molecule has 2 aromatic rings. The fourth-order valence-electron chi connectivity index (χ4n) is 2.85. The third kappa shape index (κ3) is 4.50. The van der Waals surface area contributed by atoms with Gasteiger partial charge < -0.3 is 13.9 Å². The van der Waals surface area contributed by atoms with Crippen LogP contribution in [0.1, 0.15) is 27.2 Å². The van der Waals surface area contributed by atoms with Gasteiger partial charge in [0, 0.05) is 25.2 Å². The first-order chi connectivity index (χ1) is 12.7. The average molecular weight is 357 g/mol. The van der Waals surface area contributed by atoms with Crippen molar-refractivity contribution in [3.8, 4) is 5.75 Å². The van der Waals surface area contributed by atoms with Crippen molar-refractivity contribution in [2.45, 2.75) is 13.5 Å². The van der Waals surface area contributed by atoms with Crippen LogP contribution < -0.4 is 10.2 Å². The molecule has 3 rings (SSSR count). The van der Waals surface area contributed by atoms with Crippen LogP contribution in [0.15, 0.2) is 40.0 Å². The van der Waals surface area contributed by atoms with E-state index in [1.807, 2.05) is 18.2 Å². The maximum Gasteiger partial charge on any atom is 0.274 e. The Morgan fingerprint density at radius 3 is 2.85 bits per heavy atom. The molecule has 1 aromatic heterocycles. The van der Waals surface area contributed by atoms with Crippen molar-refractivity contribution in [2.24, 2.45) is 5.10 Å². The first-order valence-corrected chi connectivity index (χ1v) is 8.52. The number of hydrogen-bond acceptors (Lipinski definition) is 6. The zero-order valence-electron chi connectivity index (χ0n) is 15.0. The molecule has 7 nitrogen and oxygen atoms in total. The Hall–Kier alpha value is -2.64. The van der Waals surface area contributed by atoms with E-state index in [2.05, 4.69) is 15.4 Å². The normalized spacial score (nSPS) is 15.3. The first kappa shape index (κ1) is 18.2. The lowest BCUT2D eigenvalue weighted by Crippen LogP contribution is -2.35. The predicted molar refractivity (Wildman–Crippen MR) is 97.6 cm³/mol. The highest BCUT2D eigenvalue weighted by Crippen LogP contribution is 2.21. The number of carbonyl (C=O) groups is 1. The van der Waals surface area contributed by atoms with Crippen LogP contribution in [0.5, 0.6) is 5.75 Å². The minimum atomic E-state index is -0.297. The summed E-state index contributed by atoms with van der Waals surface area (Å²) in [6, 6.07) is 7.46. The van der Waals surface area contributed by atoms with Crippen LogP contribution in [-0.4, -0.2) is 50.4 Å². The molecule has 1 saturated heterocycles. The summed E-state index contributed by atoms with van der Waals surface area (Å²) in [6.07, 6.45) is 3.10. The van der Waals surface area contributed by atoms with Crippen molar-refractivity contribution >= 4 is 12.1 Å². The smallest absolute Gasteiger partial charge is 0.274 e. The lowest BCUT2D eigenvalue weighted by molar-refractivity contribution is 0.0339. The van der Waals surface area contributed by atoms with Crippen LogP contribution in [0.2, 0.25) is 0 Å². The van der Waals surface area contributed by atoms with Gasteiger partial charge in [-0.15, -0.1) is 0 Å². The lowest BCUT2D eigenvalue weighted by Gasteiger charge is -2.27. The van der Waals surface area contributed by atoms with E-state index in [0.717, 1.165) is 49.7 Å². The van der Waals surface area contributed by atoms with Gasteiger partial charge in [0.1, 0.15) is 11.5 Å². The monoisotopic (exact) mass is 357 g/mol. The molecule has 0 aliphatic carbocycles. The number of benzene rings is 1. The Morgan fingerprint density at radius 1 is 1.35 bits per heavy atom. The molecule has 1 fully saturated rings. The fraction of sp³-hybridized carbons (Fsp3) is 0.368. The zero-order chi connectivity index (χ0) is 18.4. The number of rotatable bonds is 6. The predicted octanol–water partition coefficient (Wildman–Crippen LogP) is 2.19. The van der Waals surface area contributed by atoms with Crippen LogP contribution in [-0.2, 0) is 11.3 Å². The number of hydrazone groups is 1. The molecule has 2 heterocycles. The minimum Gasteiger partial charge on any atom is -0.496 e. The number of aryl methyl sites for hydroxylation is 1. The number of morpholine rings is 1. The summed E-state index contributed by atoms with van der Waals surface area (Å²) in [5.41, 5.74) is 4.96. The zero-order valence-corrected chi connectivity index (χ0v) is 15.0. The molecule has 0 radical (unpaired) electrons. The number of hydrogen-bond donors (Lipinski definition) is 1. The lowest BCUT2D eigenvalue weighted by atomic mass is 10.1. The Bertz CT molecular complexity index is 779. The molecule has 0 saturated carbocycles. The molecule has 1 aliphatic heterocycles. The first-order valence-electron chi connectivity index (χ1n) is 8.52. The van der Waals surface area contributed by atoms with Crippen molar-refractivity contribution in [1.82, 2.24) is 10.3 Å². The highest BCUT2D eigenvalue weighted by Gasteiger charge is 2.14. The van der Waals surface area contributed by atoms with Crippen molar-refractivity contribution in [3.05, 3.63) is 53.0 Å². The van der Waals surface area contributed by atoms with Gasteiger partial charge in [0.2, 0.25) is 0 Å². The Labute approximate surface area is 152 Å². The van der Waals surface area contributed by atoms with E-state index in [1.165, 1.54) is 6.26 Å². The summed E-state index contributed by atoms with van der Waals surface area (Å²) in [5, 5.41) is 4.04. The number of amides is 1. The topological polar surface area (TPSA) is 76.3 Å². The SMILES string of the molecule is COc1ccc(/C=N\NC(=O)c2ccoc2C)cc1CN1CCOCC1. The van der Waals surface area contributed by atoms with Gasteiger partial charge in [0.05, 0.1) is 38.4 Å². The molecule has 138 valence electrons. The molecule has 0 spiro atoms. The molecular weight excluding hydrogens is 334 g/mol. The second-order valence-electron chi connectivity index (χ2n) is 6.05. The van der Waals surface area contributed by atoms with Gasteiger partial charge in [-0.25, -0.2) is 5.43 Å². The van der Waals surface area contributed by atoms with Crippen molar-refractivity contribution in [2.75, 3.05) is 33.4 Å². The number of methoxy groups -OCH3 is 1. The largest absolute Gasteiger partial charge is 0.496 e. The quantitative estimate of drug-likeness (QED) is 0.633. The van der Waals surface area contributed by atoms with Gasteiger partial charge in [-0.3, -0.25) is 9.69 Å². The molecule has 0 unspecified atom stereocenters. The second kappa shape index (κ2) is 8.64. The summed E-state index contributed by atoms with van der Waals surface area (Å²) in [6.45, 7) is 5.84. The summed E-state index contributed by atoms with van der Waals surface area (Å²) in [4.78, 5) is 14.3. The Morgan fingerprint density at radius 2 is 2.15 bits per heavy atom. The highest BCUT2D eigenvalue weighted by atomic mass is 16.5. The molecule has 7 heteroatoms. The number of ether oxygens (including phenoxy) is 2. The molecule has 0 atom stereocenters. The van der Waals surface area contributed by atoms with Gasteiger partial charge in [-0.05, 0) is 36.8 Å². The number of nitrogens with one attached hydrogen (secondary N) is 1. The molecular formula is C19H23N3O4. The minimum absolute atomic E-state index is 0.297. The Balaban J connectivity index is 1.66. The van der Waals surface area contributed by atoms with E-state index in [-0.39, 0.29) is 5.91 Å². The van der Waals surface area contributed by atoms with Gasteiger partial charge in [-0.1, -0.05) is 0 Å². The Kier molecular flexibility index (Phi) is 6.04. The van der Waals surface area contributed by atoms with E-state index in [0.29, 0.717) is 11.3 Å². The number of nitrogens with zero attached hydrogens (tertiary/aromatic N) is 2. The molecule has 1 aromatic carbocycles. The molecule has 1 amide bonds. The number of carbonyl (C=O) groups excluding carboxylic acids is 1. The highest BCUT2D eigenvalue weighted by molar-refractivity contribution is 5.95. The van der Waals surface area contributed by atoms with Crippen LogP contribution in [0.25, 0.3) is 0 Å². The van der Waals surface area contributed by atoms with Gasteiger partial charge in [0.25, 0.3) is 5.91 Å². The summed E-state index contributed by atoms with van der Waals surface area (Å²) in [5.74, 6) is 1.11. The standard InChI is InChI=1S/C19H23N3O4/c1-14-17(5-8-26-14)19(23)21-20-12-15-3-4-18(24-2)16(11-15)13-22-6-9-25-10-7-22/h3-5,8,11-12H,6-7,9-10,13H2,1-2H3,(H,21,23)/b20-12-. The van der Waals surface area contributed by atoms with Crippen molar-refractivity contribution < 1.29 is 18.7 Å². The molecule has 1 N–H and O–H groups in total. The summed E-state index contributed by atoms with van der Waals surface area (Å²) in [7, 11) is 1.67. The fourth-order valence-corrected chi connectivity index (χ4v) is 2.85. The summed E-state index contributed by atoms with van der Waals surface area (Å²) < 4.78 is 16.0. The van der Waals surface area contributed by atoms with Gasteiger partial charge in [0.15, 0.2) is 0 Å². The van der Waals surface area contributed by atoms with Crippen molar-refractivity contribution in [3.63, 3.8) is 0 Å². The van der Waals surface area contributed by atoms with E-state index in [1.54, 1.807) is 26.3 Å². The average Bonchev–Trinajstić information content (AvgIpc) is 3.09. The van der Waals surface area contributed by atoms with E-state index >= 15 is 0 Å². The van der Waals surface area contributed by atoms with Gasteiger partial charge >= 0.3 is 0 Å². The van der Waals surface area contributed by atoms with E-state index in [4.69, 9.17) is 13.9 Å². The van der Waals surface area contributed by atoms with E-state index in [9.17, 15) is 4.79 Å². The third-order valence-corrected chi connectivity index (χ3v) is 4.29. The van der Waals surface area contributed by atoms with Gasteiger partial charge in [-0.2, -0.15) is 5.10 Å². The van der Waals surface area contributed by atoms with Crippen LogP contribution in [0.4, 0.5) is 0 Å². The van der Waals surface area contributed by atoms with Crippen LogP contribution in [0.3, 0.4) is 0 Å². The molecule has 0 bridgehead atoms. The second-order valence-corrected chi connectivity index (χ2v) is 6.05. The third-order valence-electron chi connectivity index (χ3n) is 4.29. The maximum atomic E-state index is 12.0. The molecule has 1 aliphatic rings.